The average Bonchev–Trinajstić information content (AvgIpc) is 3.70. The molecule has 44 heavy (non-hydrogen) atoms. The number of esters is 1. The number of hydrogen-bond donors (Lipinski definition) is 0. The van der Waals surface area contributed by atoms with Gasteiger partial charge in [0, 0.05) is 0 Å². The molecule has 6 unspecified atom stereocenters. The van der Waals surface area contributed by atoms with E-state index >= 15 is 0 Å². The number of ether oxygens (including phenoxy) is 5. The Balaban J connectivity index is 1.46. The van der Waals surface area contributed by atoms with E-state index < -0.39 is 5.60 Å². The SMILES string of the molecule is COc1ccc(C(OCC2C(C)C2C(=O)OC2CC(C)CCC2C(C)C)(c2ccc(OC)cc2)c2ccc(OC)cc2)cc1. The Morgan fingerprint density at radius 2 is 1.20 bits per heavy atom. The summed E-state index contributed by atoms with van der Waals surface area (Å²) in [5, 5.41) is 0. The first-order valence-corrected chi connectivity index (χ1v) is 16.0. The number of benzene rings is 3. The zero-order chi connectivity index (χ0) is 31.4. The van der Waals surface area contributed by atoms with Crippen LogP contribution in [0.1, 0.15) is 63.6 Å². The third-order valence-corrected chi connectivity index (χ3v) is 10.0. The molecule has 2 saturated carbocycles. The first-order valence-electron chi connectivity index (χ1n) is 16.0. The van der Waals surface area contributed by atoms with Crippen LogP contribution in [-0.2, 0) is 19.9 Å². The van der Waals surface area contributed by atoms with Crippen molar-refractivity contribution in [3.05, 3.63) is 89.5 Å². The highest BCUT2D eigenvalue weighted by Crippen LogP contribution is 2.51. The van der Waals surface area contributed by atoms with Crippen molar-refractivity contribution in [3.8, 4) is 17.2 Å². The molecule has 236 valence electrons. The number of carbonyl (C=O) groups is 1. The lowest BCUT2D eigenvalue weighted by Crippen LogP contribution is -2.36. The fourth-order valence-corrected chi connectivity index (χ4v) is 7.12. The summed E-state index contributed by atoms with van der Waals surface area (Å²) in [5.74, 6) is 3.81. The van der Waals surface area contributed by atoms with Crippen molar-refractivity contribution in [2.24, 2.45) is 35.5 Å². The summed E-state index contributed by atoms with van der Waals surface area (Å²) in [6.45, 7) is 9.30. The van der Waals surface area contributed by atoms with E-state index in [9.17, 15) is 4.79 Å². The normalized spacial score (nSPS) is 24.9. The smallest absolute Gasteiger partial charge is 0.309 e. The van der Waals surface area contributed by atoms with E-state index in [0.717, 1.165) is 46.8 Å². The van der Waals surface area contributed by atoms with Crippen LogP contribution in [0.3, 0.4) is 0 Å². The molecule has 0 heterocycles. The Labute approximate surface area is 263 Å². The molecule has 0 radical (unpaired) electrons. The molecule has 0 bridgehead atoms. The number of rotatable bonds is 12. The van der Waals surface area contributed by atoms with Gasteiger partial charge in [-0.05, 0) is 95.5 Å². The molecule has 3 aromatic carbocycles. The van der Waals surface area contributed by atoms with E-state index in [2.05, 4.69) is 27.7 Å². The highest BCUT2D eigenvalue weighted by molar-refractivity contribution is 5.76. The Bertz CT molecular complexity index is 1250. The fourth-order valence-electron chi connectivity index (χ4n) is 7.12. The van der Waals surface area contributed by atoms with Crippen molar-refractivity contribution < 1.29 is 28.5 Å². The zero-order valence-corrected chi connectivity index (χ0v) is 27.2. The van der Waals surface area contributed by atoms with Crippen LogP contribution in [0.25, 0.3) is 0 Å². The zero-order valence-electron chi connectivity index (χ0n) is 27.2. The molecular weight excluding hydrogens is 552 g/mol. The summed E-state index contributed by atoms with van der Waals surface area (Å²) in [5.41, 5.74) is 1.91. The van der Waals surface area contributed by atoms with Crippen LogP contribution in [0.2, 0.25) is 0 Å². The van der Waals surface area contributed by atoms with Crippen molar-refractivity contribution in [2.45, 2.75) is 58.7 Å². The molecule has 6 atom stereocenters. The summed E-state index contributed by atoms with van der Waals surface area (Å²) in [4.78, 5) is 13.6. The van der Waals surface area contributed by atoms with Crippen molar-refractivity contribution in [3.63, 3.8) is 0 Å². The van der Waals surface area contributed by atoms with Gasteiger partial charge >= 0.3 is 5.97 Å². The van der Waals surface area contributed by atoms with Gasteiger partial charge in [0.15, 0.2) is 0 Å². The predicted octanol–water partition coefficient (Wildman–Crippen LogP) is 7.91. The fraction of sp³-hybridized carbons (Fsp3) is 0.500. The van der Waals surface area contributed by atoms with Crippen LogP contribution in [-0.4, -0.2) is 40.0 Å². The molecule has 0 aliphatic heterocycles. The second kappa shape index (κ2) is 13.6. The van der Waals surface area contributed by atoms with Gasteiger partial charge in [0.1, 0.15) is 29.0 Å². The van der Waals surface area contributed by atoms with Crippen molar-refractivity contribution in [2.75, 3.05) is 27.9 Å². The number of carbonyl (C=O) groups excluding carboxylic acids is 1. The van der Waals surface area contributed by atoms with Crippen LogP contribution < -0.4 is 14.2 Å². The van der Waals surface area contributed by atoms with Gasteiger partial charge in [0.25, 0.3) is 0 Å². The third-order valence-electron chi connectivity index (χ3n) is 10.0. The maximum atomic E-state index is 13.6. The molecule has 3 aromatic rings. The summed E-state index contributed by atoms with van der Waals surface area (Å²) < 4.78 is 29.9. The molecule has 0 aromatic heterocycles. The van der Waals surface area contributed by atoms with Crippen molar-refractivity contribution in [1.82, 2.24) is 0 Å². The lowest BCUT2D eigenvalue weighted by atomic mass is 9.75. The van der Waals surface area contributed by atoms with E-state index in [-0.39, 0.29) is 29.8 Å². The van der Waals surface area contributed by atoms with Crippen LogP contribution in [0.4, 0.5) is 0 Å². The predicted molar refractivity (Wildman–Crippen MR) is 172 cm³/mol. The molecule has 0 spiro atoms. The Morgan fingerprint density at radius 3 is 1.61 bits per heavy atom. The maximum absolute atomic E-state index is 13.6. The largest absolute Gasteiger partial charge is 0.497 e. The average molecular weight is 601 g/mol. The summed E-state index contributed by atoms with van der Waals surface area (Å²) in [6, 6.07) is 24.0. The molecule has 2 fully saturated rings. The minimum Gasteiger partial charge on any atom is -0.497 e. The molecular formula is C38H48O6. The maximum Gasteiger partial charge on any atom is 0.309 e. The number of hydrogen-bond acceptors (Lipinski definition) is 6. The Hall–Kier alpha value is -3.51. The van der Waals surface area contributed by atoms with E-state index in [0.29, 0.717) is 24.4 Å². The summed E-state index contributed by atoms with van der Waals surface area (Å²) >= 11 is 0. The Morgan fingerprint density at radius 1 is 0.750 bits per heavy atom. The lowest BCUT2D eigenvalue weighted by Gasteiger charge is -2.37. The second-order valence-electron chi connectivity index (χ2n) is 13.0. The van der Waals surface area contributed by atoms with Gasteiger partial charge in [-0.3, -0.25) is 4.79 Å². The van der Waals surface area contributed by atoms with Crippen LogP contribution >= 0.6 is 0 Å². The number of methoxy groups -OCH3 is 3. The highest BCUT2D eigenvalue weighted by Gasteiger charge is 2.55. The van der Waals surface area contributed by atoms with E-state index in [4.69, 9.17) is 23.7 Å². The molecule has 2 aliphatic rings. The van der Waals surface area contributed by atoms with E-state index in [1.807, 2.05) is 72.8 Å². The minimum absolute atomic E-state index is 0.00222. The molecule has 0 N–H and O–H groups in total. The molecule has 2 aliphatic carbocycles. The van der Waals surface area contributed by atoms with E-state index in [1.54, 1.807) is 21.3 Å². The van der Waals surface area contributed by atoms with E-state index in [1.165, 1.54) is 6.42 Å². The first kappa shape index (κ1) is 31.9. The molecule has 5 rings (SSSR count). The van der Waals surface area contributed by atoms with Crippen LogP contribution in [0, 0.1) is 35.5 Å². The summed E-state index contributed by atoms with van der Waals surface area (Å²) in [7, 11) is 4.99. The van der Waals surface area contributed by atoms with Crippen LogP contribution in [0.15, 0.2) is 72.8 Å². The van der Waals surface area contributed by atoms with Crippen molar-refractivity contribution >= 4 is 5.97 Å². The molecule has 0 amide bonds. The van der Waals surface area contributed by atoms with Crippen molar-refractivity contribution in [1.29, 1.82) is 0 Å². The summed E-state index contributed by atoms with van der Waals surface area (Å²) in [6.07, 6.45) is 3.28. The Kier molecular flexibility index (Phi) is 9.89. The first-order chi connectivity index (χ1) is 21.2. The van der Waals surface area contributed by atoms with Gasteiger partial charge in [-0.1, -0.05) is 70.5 Å². The standard InChI is InChI=1S/C38H48O6/c1-24(2)33-21-8-25(3)22-35(33)44-37(39)36-26(4)34(36)23-43-38(27-9-15-30(40-5)16-10-27,28-11-17-31(41-6)18-12-28)29-13-19-32(42-7)20-14-29/h9-20,24-26,33-36H,8,21-23H2,1-7H3. The van der Waals surface area contributed by atoms with Gasteiger partial charge in [-0.15, -0.1) is 0 Å². The molecule has 6 heteroatoms. The third kappa shape index (κ3) is 6.46. The second-order valence-corrected chi connectivity index (χ2v) is 13.0. The highest BCUT2D eigenvalue weighted by atomic mass is 16.5. The molecule has 6 nitrogen and oxygen atoms in total. The topological polar surface area (TPSA) is 63.2 Å². The molecule has 0 saturated heterocycles. The van der Waals surface area contributed by atoms with Gasteiger partial charge in [0.05, 0.1) is 33.9 Å². The van der Waals surface area contributed by atoms with Gasteiger partial charge in [-0.25, -0.2) is 0 Å². The monoisotopic (exact) mass is 600 g/mol. The quantitative estimate of drug-likeness (QED) is 0.156. The minimum atomic E-state index is -0.955. The van der Waals surface area contributed by atoms with Gasteiger partial charge < -0.3 is 23.7 Å². The van der Waals surface area contributed by atoms with Gasteiger partial charge in [0.2, 0.25) is 0 Å². The lowest BCUT2D eigenvalue weighted by molar-refractivity contribution is -0.158. The van der Waals surface area contributed by atoms with Crippen LogP contribution in [0.5, 0.6) is 17.2 Å². The van der Waals surface area contributed by atoms with Gasteiger partial charge in [-0.2, -0.15) is 0 Å².